The first-order valence-electron chi connectivity index (χ1n) is 6.43. The molecule has 0 saturated carbocycles. The van der Waals surface area contributed by atoms with Gasteiger partial charge in [-0.25, -0.2) is 0 Å². The van der Waals surface area contributed by atoms with Crippen LogP contribution in [0.25, 0.3) is 0 Å². The van der Waals surface area contributed by atoms with Crippen molar-refractivity contribution in [2.24, 2.45) is 0 Å². The van der Waals surface area contributed by atoms with E-state index >= 15 is 0 Å². The van der Waals surface area contributed by atoms with Gasteiger partial charge in [-0.15, -0.1) is 0 Å². The van der Waals surface area contributed by atoms with Crippen molar-refractivity contribution in [3.05, 3.63) is 28.8 Å². The van der Waals surface area contributed by atoms with Crippen LogP contribution < -0.4 is 10.1 Å². The fourth-order valence-corrected chi connectivity index (χ4v) is 2.25. The van der Waals surface area contributed by atoms with Crippen LogP contribution in [0.3, 0.4) is 0 Å². The predicted molar refractivity (Wildman–Crippen MR) is 75.7 cm³/mol. The lowest BCUT2D eigenvalue weighted by Gasteiger charge is -2.23. The van der Waals surface area contributed by atoms with Crippen molar-refractivity contribution < 1.29 is 9.53 Å². The quantitative estimate of drug-likeness (QED) is 0.916. The van der Waals surface area contributed by atoms with Crippen LogP contribution in [-0.4, -0.2) is 43.6 Å². The van der Waals surface area contributed by atoms with Gasteiger partial charge in [-0.05, 0) is 43.7 Å². The smallest absolute Gasteiger partial charge is 0.260 e. The van der Waals surface area contributed by atoms with Crippen LogP contribution in [-0.2, 0) is 4.79 Å². The minimum atomic E-state index is 0.00121. The number of amides is 1. The molecule has 0 radical (unpaired) electrons. The SMILES string of the molecule is Cc1cc(OCC(=O)N(C)C2CCNC2)ccc1Cl. The molecule has 1 N–H and O–H groups in total. The molecule has 1 aromatic rings. The standard InChI is InChI=1S/C14H19ClN2O2/c1-10-7-12(3-4-13(10)15)19-9-14(18)17(2)11-5-6-16-8-11/h3-4,7,11,16H,5-6,8-9H2,1-2H3. The minimum Gasteiger partial charge on any atom is -0.484 e. The number of carbonyl (C=O) groups is 1. The Kier molecular flexibility index (Phi) is 4.66. The van der Waals surface area contributed by atoms with Gasteiger partial charge >= 0.3 is 0 Å². The number of hydrogen-bond donors (Lipinski definition) is 1. The average Bonchev–Trinajstić information content (AvgIpc) is 2.93. The van der Waals surface area contributed by atoms with E-state index in [4.69, 9.17) is 16.3 Å². The van der Waals surface area contributed by atoms with Gasteiger partial charge in [0.1, 0.15) is 5.75 Å². The number of aryl methyl sites for hydroxylation is 1. The molecule has 1 atom stereocenters. The van der Waals surface area contributed by atoms with Crippen molar-refractivity contribution in [1.29, 1.82) is 0 Å². The molecule has 1 aromatic carbocycles. The summed E-state index contributed by atoms with van der Waals surface area (Å²) in [6, 6.07) is 5.68. The summed E-state index contributed by atoms with van der Waals surface area (Å²) in [6.45, 7) is 3.81. The van der Waals surface area contributed by atoms with Gasteiger partial charge in [-0.3, -0.25) is 4.79 Å². The molecule has 0 bridgehead atoms. The monoisotopic (exact) mass is 282 g/mol. The average molecular weight is 283 g/mol. The van der Waals surface area contributed by atoms with E-state index in [9.17, 15) is 4.79 Å². The van der Waals surface area contributed by atoms with E-state index in [2.05, 4.69) is 5.32 Å². The first kappa shape index (κ1) is 14.2. The Morgan fingerprint density at radius 2 is 2.37 bits per heavy atom. The number of benzene rings is 1. The Bertz CT molecular complexity index is 459. The summed E-state index contributed by atoms with van der Waals surface area (Å²) < 4.78 is 5.51. The van der Waals surface area contributed by atoms with Crippen molar-refractivity contribution in [1.82, 2.24) is 10.2 Å². The number of hydrogen-bond acceptors (Lipinski definition) is 3. The number of likely N-dealkylation sites (N-methyl/N-ethyl adjacent to an activating group) is 1. The van der Waals surface area contributed by atoms with Crippen LogP contribution in [0.5, 0.6) is 5.75 Å². The van der Waals surface area contributed by atoms with Crippen LogP contribution in [0.2, 0.25) is 5.02 Å². The van der Waals surface area contributed by atoms with E-state index in [0.29, 0.717) is 10.8 Å². The van der Waals surface area contributed by atoms with Crippen molar-refractivity contribution in [3.63, 3.8) is 0 Å². The summed E-state index contributed by atoms with van der Waals surface area (Å²) in [5, 5.41) is 3.95. The van der Waals surface area contributed by atoms with Gasteiger partial charge in [0.2, 0.25) is 0 Å². The number of nitrogens with one attached hydrogen (secondary N) is 1. The molecule has 1 aliphatic rings. The second kappa shape index (κ2) is 6.26. The maximum Gasteiger partial charge on any atom is 0.260 e. The largest absolute Gasteiger partial charge is 0.484 e. The highest BCUT2D eigenvalue weighted by Gasteiger charge is 2.23. The van der Waals surface area contributed by atoms with Crippen molar-refractivity contribution >= 4 is 17.5 Å². The van der Waals surface area contributed by atoms with Crippen molar-refractivity contribution in [2.75, 3.05) is 26.7 Å². The van der Waals surface area contributed by atoms with E-state index in [0.717, 1.165) is 25.1 Å². The molecule has 1 amide bonds. The summed E-state index contributed by atoms with van der Waals surface area (Å²) in [4.78, 5) is 13.8. The fraction of sp³-hybridized carbons (Fsp3) is 0.500. The molecule has 0 aliphatic carbocycles. The lowest BCUT2D eigenvalue weighted by molar-refractivity contribution is -0.133. The van der Waals surface area contributed by atoms with E-state index in [1.54, 1.807) is 17.0 Å². The Morgan fingerprint density at radius 3 is 3.00 bits per heavy atom. The van der Waals surface area contributed by atoms with Gasteiger partial charge in [0.25, 0.3) is 5.91 Å². The maximum atomic E-state index is 12.0. The van der Waals surface area contributed by atoms with Gasteiger partial charge < -0.3 is 15.0 Å². The van der Waals surface area contributed by atoms with E-state index in [1.807, 2.05) is 20.0 Å². The molecule has 1 saturated heterocycles. The zero-order chi connectivity index (χ0) is 13.8. The third-order valence-corrected chi connectivity index (χ3v) is 3.89. The Hall–Kier alpha value is -1.26. The minimum absolute atomic E-state index is 0.00121. The van der Waals surface area contributed by atoms with E-state index in [1.165, 1.54) is 0 Å². The second-order valence-corrected chi connectivity index (χ2v) is 5.26. The summed E-state index contributed by atoms with van der Waals surface area (Å²) in [5.74, 6) is 0.675. The van der Waals surface area contributed by atoms with Crippen LogP contribution in [0.4, 0.5) is 0 Å². The molecule has 0 aromatic heterocycles. The van der Waals surface area contributed by atoms with Crippen LogP contribution in [0, 0.1) is 6.92 Å². The Morgan fingerprint density at radius 1 is 1.58 bits per heavy atom. The summed E-state index contributed by atoms with van der Waals surface area (Å²) in [5.41, 5.74) is 0.944. The molecule has 19 heavy (non-hydrogen) atoms. The molecule has 1 unspecified atom stereocenters. The fourth-order valence-electron chi connectivity index (χ4n) is 2.13. The number of halogens is 1. The molecule has 1 aliphatic heterocycles. The Labute approximate surface area is 118 Å². The molecular weight excluding hydrogens is 264 g/mol. The van der Waals surface area contributed by atoms with Crippen molar-refractivity contribution in [3.8, 4) is 5.75 Å². The van der Waals surface area contributed by atoms with Crippen LogP contribution in [0.1, 0.15) is 12.0 Å². The summed E-state index contributed by atoms with van der Waals surface area (Å²) in [6.07, 6.45) is 1.00. The van der Waals surface area contributed by atoms with Gasteiger partial charge in [-0.1, -0.05) is 11.6 Å². The second-order valence-electron chi connectivity index (χ2n) is 4.85. The highest BCUT2D eigenvalue weighted by Crippen LogP contribution is 2.21. The normalized spacial score (nSPS) is 18.4. The first-order chi connectivity index (χ1) is 9.08. The number of ether oxygens (including phenoxy) is 1. The van der Waals surface area contributed by atoms with Gasteiger partial charge in [-0.2, -0.15) is 0 Å². The molecule has 2 rings (SSSR count). The van der Waals surface area contributed by atoms with Crippen LogP contribution in [0.15, 0.2) is 18.2 Å². The molecule has 4 nitrogen and oxygen atoms in total. The molecular formula is C14H19ClN2O2. The number of carbonyl (C=O) groups excluding carboxylic acids is 1. The highest BCUT2D eigenvalue weighted by molar-refractivity contribution is 6.31. The molecule has 104 valence electrons. The van der Waals surface area contributed by atoms with Gasteiger partial charge in [0.05, 0.1) is 0 Å². The van der Waals surface area contributed by atoms with Crippen LogP contribution >= 0.6 is 11.6 Å². The third-order valence-electron chi connectivity index (χ3n) is 3.47. The zero-order valence-corrected chi connectivity index (χ0v) is 12.0. The zero-order valence-electron chi connectivity index (χ0n) is 11.3. The lowest BCUT2D eigenvalue weighted by Crippen LogP contribution is -2.40. The number of rotatable bonds is 4. The highest BCUT2D eigenvalue weighted by atomic mass is 35.5. The molecule has 0 spiro atoms. The topological polar surface area (TPSA) is 41.6 Å². The third kappa shape index (κ3) is 3.61. The van der Waals surface area contributed by atoms with E-state index in [-0.39, 0.29) is 18.6 Å². The molecule has 5 heteroatoms. The number of nitrogens with zero attached hydrogens (tertiary/aromatic N) is 1. The van der Waals surface area contributed by atoms with Gasteiger partial charge in [0, 0.05) is 24.7 Å². The maximum absolute atomic E-state index is 12.0. The first-order valence-corrected chi connectivity index (χ1v) is 6.81. The summed E-state index contributed by atoms with van der Waals surface area (Å²) >= 11 is 5.94. The Balaban J connectivity index is 1.87. The van der Waals surface area contributed by atoms with E-state index < -0.39 is 0 Å². The molecule has 1 heterocycles. The lowest BCUT2D eigenvalue weighted by atomic mass is 10.2. The van der Waals surface area contributed by atoms with Gasteiger partial charge in [0.15, 0.2) is 6.61 Å². The molecule has 1 fully saturated rings. The van der Waals surface area contributed by atoms with Crippen molar-refractivity contribution in [2.45, 2.75) is 19.4 Å². The summed E-state index contributed by atoms with van der Waals surface area (Å²) in [7, 11) is 1.83. The predicted octanol–water partition coefficient (Wildman–Crippen LogP) is 1.85.